The molecular formula is C24H22ClF3NO2S+. The second-order valence-electron chi connectivity index (χ2n) is 7.07. The SMILES string of the molecule is C/C(=C\C(=C/[NH3+])c1sccc1-c1cc(Cl)ccc1OCc1ccccc1)C(O)C(F)(F)F. The van der Waals surface area contributed by atoms with Crippen LogP contribution in [-0.2, 0) is 6.61 Å². The Bertz CT molecular complexity index is 1120. The van der Waals surface area contributed by atoms with Gasteiger partial charge in [0.05, 0.1) is 6.20 Å². The Balaban J connectivity index is 1.97. The lowest BCUT2D eigenvalue weighted by molar-refractivity contribution is -0.273. The Morgan fingerprint density at radius 3 is 2.53 bits per heavy atom. The molecule has 0 aliphatic heterocycles. The maximum atomic E-state index is 12.9. The lowest BCUT2D eigenvalue weighted by Crippen LogP contribution is -2.39. The monoisotopic (exact) mass is 480 g/mol. The standard InChI is InChI=1S/C24H21ClF3NO2S/c1-15(23(30)24(26,27)28)11-17(13-29)22-19(9-10-32-22)20-12-18(25)7-8-21(20)31-14-16-5-3-2-4-6-16/h2-13,23,30H,14,29H2,1H3/p+1/b15-11+,17-13+. The minimum absolute atomic E-state index is 0.224. The molecule has 3 rings (SSSR count). The summed E-state index contributed by atoms with van der Waals surface area (Å²) in [6.45, 7) is 1.59. The van der Waals surface area contributed by atoms with Crippen LogP contribution in [0.15, 0.2) is 77.8 Å². The molecule has 1 aromatic heterocycles. The van der Waals surface area contributed by atoms with E-state index in [-0.39, 0.29) is 5.57 Å². The molecule has 1 unspecified atom stereocenters. The van der Waals surface area contributed by atoms with E-state index < -0.39 is 12.3 Å². The average Bonchev–Trinajstić information content (AvgIpc) is 3.25. The molecule has 4 N–H and O–H groups in total. The lowest BCUT2D eigenvalue weighted by Gasteiger charge is -2.16. The van der Waals surface area contributed by atoms with Crippen molar-refractivity contribution in [1.82, 2.24) is 0 Å². The summed E-state index contributed by atoms with van der Waals surface area (Å²) in [7, 11) is 0. The number of aliphatic hydroxyl groups excluding tert-OH is 1. The van der Waals surface area contributed by atoms with Gasteiger partial charge in [-0.2, -0.15) is 13.2 Å². The summed E-state index contributed by atoms with van der Waals surface area (Å²) < 4.78 is 44.8. The molecule has 0 aliphatic carbocycles. The number of rotatable bonds is 7. The molecule has 8 heteroatoms. The number of ether oxygens (including phenoxy) is 1. The van der Waals surface area contributed by atoms with Crippen LogP contribution < -0.4 is 10.5 Å². The Labute approximate surface area is 193 Å². The summed E-state index contributed by atoms with van der Waals surface area (Å²) in [5, 5.41) is 11.9. The zero-order chi connectivity index (χ0) is 23.3. The minimum Gasteiger partial charge on any atom is -0.488 e. The first-order valence-corrected chi connectivity index (χ1v) is 10.9. The fourth-order valence-electron chi connectivity index (χ4n) is 3.12. The fourth-order valence-corrected chi connectivity index (χ4v) is 4.21. The zero-order valence-electron chi connectivity index (χ0n) is 17.2. The molecule has 0 spiro atoms. The number of halogens is 4. The van der Waals surface area contributed by atoms with Crippen molar-refractivity contribution in [2.24, 2.45) is 0 Å². The van der Waals surface area contributed by atoms with E-state index in [1.807, 2.05) is 41.8 Å². The predicted molar refractivity (Wildman–Crippen MR) is 122 cm³/mol. The first-order valence-electron chi connectivity index (χ1n) is 9.67. The third kappa shape index (κ3) is 5.81. The molecule has 0 aliphatic rings. The molecule has 0 saturated heterocycles. The number of benzene rings is 2. The van der Waals surface area contributed by atoms with Gasteiger partial charge >= 0.3 is 6.18 Å². The highest BCUT2D eigenvalue weighted by atomic mass is 35.5. The molecule has 168 valence electrons. The van der Waals surface area contributed by atoms with Gasteiger partial charge in [0.25, 0.3) is 0 Å². The molecule has 32 heavy (non-hydrogen) atoms. The summed E-state index contributed by atoms with van der Waals surface area (Å²) in [5.74, 6) is 0.595. The quantitative estimate of drug-likeness (QED) is 0.401. The van der Waals surface area contributed by atoms with Gasteiger partial charge in [-0.3, -0.25) is 0 Å². The highest BCUT2D eigenvalue weighted by Gasteiger charge is 2.39. The Kier molecular flexibility index (Phi) is 7.79. The van der Waals surface area contributed by atoms with Crippen molar-refractivity contribution in [2.45, 2.75) is 25.8 Å². The van der Waals surface area contributed by atoms with Crippen LogP contribution >= 0.6 is 22.9 Å². The van der Waals surface area contributed by atoms with Gasteiger partial charge in [0.2, 0.25) is 0 Å². The third-order valence-electron chi connectivity index (χ3n) is 4.74. The van der Waals surface area contributed by atoms with Crippen LogP contribution in [0.3, 0.4) is 0 Å². The van der Waals surface area contributed by atoms with Crippen LogP contribution in [0, 0.1) is 0 Å². The van der Waals surface area contributed by atoms with E-state index in [0.29, 0.717) is 33.4 Å². The molecule has 1 heterocycles. The average molecular weight is 481 g/mol. The predicted octanol–water partition coefficient (Wildman–Crippen LogP) is 6.10. The highest BCUT2D eigenvalue weighted by Crippen LogP contribution is 2.41. The van der Waals surface area contributed by atoms with Gasteiger partial charge in [0.1, 0.15) is 12.4 Å². The maximum absolute atomic E-state index is 12.9. The molecule has 0 amide bonds. The molecular weight excluding hydrogens is 459 g/mol. The first-order chi connectivity index (χ1) is 15.2. The zero-order valence-corrected chi connectivity index (χ0v) is 18.8. The largest absolute Gasteiger partial charge is 0.488 e. The normalized spacial score (nSPS) is 13.8. The number of aliphatic hydroxyl groups is 1. The van der Waals surface area contributed by atoms with Gasteiger partial charge in [-0.1, -0.05) is 41.9 Å². The molecule has 0 fully saturated rings. The van der Waals surface area contributed by atoms with Crippen LogP contribution in [-0.4, -0.2) is 17.4 Å². The van der Waals surface area contributed by atoms with Crippen LogP contribution in [0.25, 0.3) is 16.7 Å². The molecule has 2 aromatic carbocycles. The third-order valence-corrected chi connectivity index (χ3v) is 5.94. The minimum atomic E-state index is -4.74. The number of quaternary nitrogens is 1. The van der Waals surface area contributed by atoms with E-state index in [9.17, 15) is 18.3 Å². The number of allylic oxidation sites excluding steroid dienone is 2. The van der Waals surface area contributed by atoms with E-state index in [4.69, 9.17) is 16.3 Å². The Morgan fingerprint density at radius 2 is 1.88 bits per heavy atom. The molecule has 3 nitrogen and oxygen atoms in total. The second kappa shape index (κ2) is 10.4. The van der Waals surface area contributed by atoms with Crippen molar-refractivity contribution >= 4 is 28.5 Å². The molecule has 1 atom stereocenters. The van der Waals surface area contributed by atoms with Crippen molar-refractivity contribution in [2.75, 3.05) is 0 Å². The summed E-state index contributed by atoms with van der Waals surface area (Å²) in [5.41, 5.74) is 6.45. The van der Waals surface area contributed by atoms with Gasteiger partial charge in [0, 0.05) is 26.6 Å². The van der Waals surface area contributed by atoms with Gasteiger partial charge in [-0.05, 0) is 53.8 Å². The number of hydrogen-bond donors (Lipinski definition) is 2. The molecule has 0 saturated carbocycles. The molecule has 0 bridgehead atoms. The van der Waals surface area contributed by atoms with Crippen molar-refractivity contribution in [3.05, 3.63) is 93.3 Å². The van der Waals surface area contributed by atoms with Crippen LogP contribution in [0.5, 0.6) is 5.75 Å². The second-order valence-corrected chi connectivity index (χ2v) is 8.42. The maximum Gasteiger partial charge on any atom is 0.418 e. The van der Waals surface area contributed by atoms with Crippen molar-refractivity contribution in [3.63, 3.8) is 0 Å². The summed E-state index contributed by atoms with van der Waals surface area (Å²) in [6, 6.07) is 16.8. The summed E-state index contributed by atoms with van der Waals surface area (Å²) >= 11 is 7.60. The molecule has 3 aromatic rings. The lowest BCUT2D eigenvalue weighted by atomic mass is 10.00. The summed E-state index contributed by atoms with van der Waals surface area (Å²) in [4.78, 5) is 0.695. The van der Waals surface area contributed by atoms with E-state index in [0.717, 1.165) is 11.1 Å². The van der Waals surface area contributed by atoms with Gasteiger partial charge in [-0.25, -0.2) is 0 Å². The Hall–Kier alpha value is -2.58. The van der Waals surface area contributed by atoms with Crippen LogP contribution in [0.1, 0.15) is 17.4 Å². The highest BCUT2D eigenvalue weighted by molar-refractivity contribution is 7.11. The first kappa shape index (κ1) is 24.1. The van der Waals surface area contributed by atoms with Gasteiger partial charge in [0.15, 0.2) is 6.10 Å². The number of hydrogen-bond acceptors (Lipinski definition) is 3. The van der Waals surface area contributed by atoms with Crippen LogP contribution in [0.2, 0.25) is 5.02 Å². The number of alkyl halides is 3. The smallest absolute Gasteiger partial charge is 0.418 e. The van der Waals surface area contributed by atoms with Crippen molar-refractivity contribution in [3.8, 4) is 16.9 Å². The van der Waals surface area contributed by atoms with E-state index in [1.165, 1.54) is 30.5 Å². The van der Waals surface area contributed by atoms with Crippen molar-refractivity contribution < 1.29 is 28.7 Å². The van der Waals surface area contributed by atoms with Crippen molar-refractivity contribution in [1.29, 1.82) is 0 Å². The van der Waals surface area contributed by atoms with E-state index in [2.05, 4.69) is 5.73 Å². The topological polar surface area (TPSA) is 57.1 Å². The van der Waals surface area contributed by atoms with Gasteiger partial charge < -0.3 is 15.6 Å². The summed E-state index contributed by atoms with van der Waals surface area (Å²) in [6.07, 6.45) is -4.51. The van der Waals surface area contributed by atoms with E-state index >= 15 is 0 Å². The molecule has 0 radical (unpaired) electrons. The van der Waals surface area contributed by atoms with Gasteiger partial charge in [-0.15, -0.1) is 11.3 Å². The fraction of sp³-hybridized carbons (Fsp3) is 0.167. The number of thiophene rings is 1. The van der Waals surface area contributed by atoms with Crippen LogP contribution in [0.4, 0.5) is 13.2 Å². The van der Waals surface area contributed by atoms with E-state index in [1.54, 1.807) is 18.2 Å². The Morgan fingerprint density at radius 1 is 1.16 bits per heavy atom.